The highest BCUT2D eigenvalue weighted by Gasteiger charge is 2.36. The Morgan fingerprint density at radius 3 is 2.58 bits per heavy atom. The van der Waals surface area contributed by atoms with Crippen molar-refractivity contribution in [2.75, 3.05) is 5.32 Å². The zero-order chi connectivity index (χ0) is 26.8. The lowest BCUT2D eigenvalue weighted by atomic mass is 9.99. The number of hydrogen-bond donors (Lipinski definition) is 1. The second kappa shape index (κ2) is 10.7. The van der Waals surface area contributed by atoms with Crippen LogP contribution >= 0.6 is 0 Å². The number of fused-ring (bicyclic) bond motifs is 2. The van der Waals surface area contributed by atoms with Crippen LogP contribution in [0.5, 0.6) is 0 Å². The average molecular weight is 517 g/mol. The fraction of sp³-hybridized carbons (Fsp3) is 0.300. The van der Waals surface area contributed by atoms with Gasteiger partial charge in [0, 0.05) is 18.3 Å². The summed E-state index contributed by atoms with van der Waals surface area (Å²) in [6, 6.07) is 18.0. The van der Waals surface area contributed by atoms with Crippen LogP contribution in [0.15, 0.2) is 71.5 Å². The molecule has 0 fully saturated rings. The van der Waals surface area contributed by atoms with Crippen molar-refractivity contribution in [1.29, 1.82) is 0 Å². The standard InChI is InChI=1S/C30H30F2N4O2/c1-3-10-21-13-7-8-14-25(21)34-30(38)36(19(2)20-11-5-4-6-12-20)27-15-9-16-35-28(27)33-26-18-24(32)23(31)17-22(26)29(35)37/h4-8,11-14,17-19,27H,3,9-10,15-16H2,1-2H3,(H,34,38). The van der Waals surface area contributed by atoms with Crippen LogP contribution in [0.2, 0.25) is 0 Å². The SMILES string of the molecule is CCCc1ccccc1NC(=O)N(C(C)c1ccccc1)C1CCCn2c1nc1cc(F)c(F)cc1c2=O. The summed E-state index contributed by atoms with van der Waals surface area (Å²) in [7, 11) is 0. The number of para-hydroxylation sites is 1. The molecule has 0 radical (unpaired) electrons. The highest BCUT2D eigenvalue weighted by molar-refractivity contribution is 5.91. The largest absolute Gasteiger partial charge is 0.322 e. The summed E-state index contributed by atoms with van der Waals surface area (Å²) in [4.78, 5) is 33.7. The first-order chi connectivity index (χ1) is 18.4. The third kappa shape index (κ3) is 4.78. The quantitative estimate of drug-likeness (QED) is 0.308. The van der Waals surface area contributed by atoms with Gasteiger partial charge in [0.1, 0.15) is 5.82 Å². The van der Waals surface area contributed by atoms with Crippen LogP contribution < -0.4 is 10.9 Å². The smallest absolute Gasteiger partial charge is 0.308 e. The van der Waals surface area contributed by atoms with Crippen molar-refractivity contribution in [1.82, 2.24) is 14.5 Å². The minimum absolute atomic E-state index is 0.0221. The van der Waals surface area contributed by atoms with E-state index in [1.54, 1.807) is 4.90 Å². The molecular formula is C30H30F2N4O2. The van der Waals surface area contributed by atoms with Gasteiger partial charge in [-0.05, 0) is 49.4 Å². The minimum Gasteiger partial charge on any atom is -0.308 e. The maximum atomic E-state index is 14.1. The van der Waals surface area contributed by atoms with E-state index in [2.05, 4.69) is 17.2 Å². The van der Waals surface area contributed by atoms with Crippen molar-refractivity contribution in [2.45, 2.75) is 58.2 Å². The second-order valence-electron chi connectivity index (χ2n) is 9.70. The molecule has 3 aromatic carbocycles. The van der Waals surface area contributed by atoms with Gasteiger partial charge >= 0.3 is 6.03 Å². The second-order valence-corrected chi connectivity index (χ2v) is 9.70. The van der Waals surface area contributed by atoms with Gasteiger partial charge in [-0.15, -0.1) is 0 Å². The fourth-order valence-electron chi connectivity index (χ4n) is 5.33. The van der Waals surface area contributed by atoms with E-state index in [1.165, 1.54) is 4.57 Å². The number of halogens is 2. The minimum atomic E-state index is -1.09. The summed E-state index contributed by atoms with van der Waals surface area (Å²) >= 11 is 0. The van der Waals surface area contributed by atoms with Crippen LogP contribution in [-0.2, 0) is 13.0 Å². The molecule has 196 valence electrons. The van der Waals surface area contributed by atoms with Gasteiger partial charge in [-0.3, -0.25) is 9.36 Å². The first-order valence-electron chi connectivity index (χ1n) is 13.0. The van der Waals surface area contributed by atoms with Crippen LogP contribution in [0.4, 0.5) is 19.3 Å². The van der Waals surface area contributed by atoms with Crippen LogP contribution in [0.25, 0.3) is 10.9 Å². The molecule has 1 aliphatic heterocycles. The molecule has 5 rings (SSSR count). The lowest BCUT2D eigenvalue weighted by Crippen LogP contribution is -2.44. The highest BCUT2D eigenvalue weighted by atomic mass is 19.2. The number of urea groups is 1. The van der Waals surface area contributed by atoms with Gasteiger partial charge < -0.3 is 10.2 Å². The molecule has 0 bridgehead atoms. The van der Waals surface area contributed by atoms with E-state index < -0.39 is 23.2 Å². The zero-order valence-corrected chi connectivity index (χ0v) is 21.5. The molecule has 0 spiro atoms. The van der Waals surface area contributed by atoms with Gasteiger partial charge in [-0.2, -0.15) is 0 Å². The molecule has 2 heterocycles. The summed E-state index contributed by atoms with van der Waals surface area (Å²) in [6.07, 6.45) is 2.96. The Morgan fingerprint density at radius 1 is 1.11 bits per heavy atom. The Hall–Kier alpha value is -4.07. The Bertz CT molecular complexity index is 1540. The Balaban J connectivity index is 1.62. The zero-order valence-electron chi connectivity index (χ0n) is 21.5. The maximum Gasteiger partial charge on any atom is 0.322 e. The fourth-order valence-corrected chi connectivity index (χ4v) is 5.33. The third-order valence-corrected chi connectivity index (χ3v) is 7.23. The van der Waals surface area contributed by atoms with E-state index in [0.29, 0.717) is 25.2 Å². The molecular weight excluding hydrogens is 486 g/mol. The van der Waals surface area contributed by atoms with E-state index >= 15 is 0 Å². The molecule has 0 saturated carbocycles. The summed E-state index contributed by atoms with van der Waals surface area (Å²) < 4.78 is 29.5. The summed E-state index contributed by atoms with van der Waals surface area (Å²) in [5.74, 6) is -1.78. The lowest BCUT2D eigenvalue weighted by Gasteiger charge is -2.39. The molecule has 1 aliphatic rings. The van der Waals surface area contributed by atoms with Crippen molar-refractivity contribution in [2.24, 2.45) is 0 Å². The molecule has 2 amide bonds. The van der Waals surface area contributed by atoms with Crippen molar-refractivity contribution in [3.8, 4) is 0 Å². The van der Waals surface area contributed by atoms with E-state index in [4.69, 9.17) is 0 Å². The molecule has 38 heavy (non-hydrogen) atoms. The number of aromatic nitrogens is 2. The van der Waals surface area contributed by atoms with Crippen molar-refractivity contribution in [3.05, 3.63) is 106 Å². The van der Waals surface area contributed by atoms with Crippen LogP contribution in [0.3, 0.4) is 0 Å². The normalized spacial score (nSPS) is 15.6. The molecule has 4 aromatic rings. The van der Waals surface area contributed by atoms with E-state index in [-0.39, 0.29) is 23.0 Å². The number of nitrogens with one attached hydrogen (secondary N) is 1. The Labute approximate surface area is 219 Å². The molecule has 2 unspecified atom stereocenters. The van der Waals surface area contributed by atoms with Gasteiger partial charge in [0.25, 0.3) is 5.56 Å². The Kier molecular flexibility index (Phi) is 7.22. The first kappa shape index (κ1) is 25.6. The number of nitrogens with zero attached hydrogens (tertiary/aromatic N) is 3. The topological polar surface area (TPSA) is 67.2 Å². The highest BCUT2D eigenvalue weighted by Crippen LogP contribution is 2.36. The van der Waals surface area contributed by atoms with Gasteiger partial charge in [0.2, 0.25) is 0 Å². The van der Waals surface area contributed by atoms with Crippen molar-refractivity contribution < 1.29 is 13.6 Å². The number of amides is 2. The van der Waals surface area contributed by atoms with E-state index in [0.717, 1.165) is 41.8 Å². The molecule has 6 nitrogen and oxygen atoms in total. The van der Waals surface area contributed by atoms with Crippen LogP contribution in [0.1, 0.15) is 62.1 Å². The molecule has 1 aromatic heterocycles. The van der Waals surface area contributed by atoms with Gasteiger partial charge in [0.15, 0.2) is 11.6 Å². The average Bonchev–Trinajstić information content (AvgIpc) is 2.92. The van der Waals surface area contributed by atoms with Gasteiger partial charge in [-0.25, -0.2) is 18.6 Å². The molecule has 1 N–H and O–H groups in total. The molecule has 8 heteroatoms. The van der Waals surface area contributed by atoms with Crippen LogP contribution in [0, 0.1) is 11.6 Å². The van der Waals surface area contributed by atoms with E-state index in [1.807, 2.05) is 61.5 Å². The Morgan fingerprint density at radius 2 is 1.82 bits per heavy atom. The number of carbonyl (C=O) groups is 1. The number of anilines is 1. The molecule has 0 aliphatic carbocycles. The number of carbonyl (C=O) groups excluding carboxylic acids is 1. The predicted molar refractivity (Wildman–Crippen MR) is 144 cm³/mol. The first-order valence-corrected chi connectivity index (χ1v) is 13.0. The number of benzene rings is 3. The summed E-state index contributed by atoms with van der Waals surface area (Å²) in [5, 5.41) is 3.13. The van der Waals surface area contributed by atoms with Crippen LogP contribution in [-0.4, -0.2) is 20.5 Å². The summed E-state index contributed by atoms with van der Waals surface area (Å²) in [6.45, 7) is 4.42. The third-order valence-electron chi connectivity index (χ3n) is 7.23. The van der Waals surface area contributed by atoms with Crippen molar-refractivity contribution >= 4 is 22.6 Å². The number of hydrogen-bond acceptors (Lipinski definition) is 3. The van der Waals surface area contributed by atoms with Crippen molar-refractivity contribution in [3.63, 3.8) is 0 Å². The monoisotopic (exact) mass is 516 g/mol. The van der Waals surface area contributed by atoms with Gasteiger partial charge in [-0.1, -0.05) is 61.9 Å². The lowest BCUT2D eigenvalue weighted by molar-refractivity contribution is 0.140. The van der Waals surface area contributed by atoms with Gasteiger partial charge in [0.05, 0.1) is 23.0 Å². The predicted octanol–water partition coefficient (Wildman–Crippen LogP) is 6.76. The van der Waals surface area contributed by atoms with E-state index in [9.17, 15) is 18.4 Å². The summed E-state index contributed by atoms with van der Waals surface area (Å²) in [5.41, 5.74) is 2.35. The number of aryl methyl sites for hydroxylation is 1. The maximum absolute atomic E-state index is 14.1. The molecule has 2 atom stereocenters. The number of rotatable bonds is 6. The molecule has 0 saturated heterocycles.